The Morgan fingerprint density at radius 1 is 0.923 bits per heavy atom. The van der Waals surface area contributed by atoms with E-state index in [9.17, 15) is 9.59 Å². The molecule has 0 aliphatic carbocycles. The molecule has 0 spiro atoms. The monoisotopic (exact) mass is 254 g/mol. The minimum atomic E-state index is -1.23. The third kappa shape index (κ3) is 18.4. The van der Waals surface area contributed by atoms with Crippen molar-refractivity contribution in [1.82, 2.24) is 0 Å². The smallest absolute Gasteiger partial charge is 0.332 e. The van der Waals surface area contributed by atoms with E-state index in [-0.39, 0.29) is 17.6 Å². The topological polar surface area (TPSA) is 115 Å². The van der Waals surface area contributed by atoms with E-state index in [1.165, 1.54) is 13.8 Å². The molecule has 0 heterocycles. The minimum absolute atomic E-state index is 0. The molecule has 0 rings (SSSR count). The van der Waals surface area contributed by atoms with E-state index in [0.717, 1.165) is 0 Å². The van der Waals surface area contributed by atoms with Crippen LogP contribution in [0.4, 0.5) is 0 Å². The zero-order valence-electron chi connectivity index (χ0n) is 7.26. The zero-order valence-corrected chi connectivity index (χ0v) is 9.36. The van der Waals surface area contributed by atoms with Crippen LogP contribution in [0, 0.1) is 0 Å². The van der Waals surface area contributed by atoms with Crippen molar-refractivity contribution in [2.45, 2.75) is 26.1 Å². The first kappa shape index (κ1) is 18.2. The van der Waals surface area contributed by atoms with Gasteiger partial charge in [-0.3, -0.25) is 0 Å². The standard InChI is InChI=1S/2C3H6O3.Ge/c2*1-2(4)3(5)6;/h2*2,4H,1H3,(H,5,6);/t2*2-;/m00./s1. The van der Waals surface area contributed by atoms with Crippen molar-refractivity contribution in [2.24, 2.45) is 0 Å². The SMILES string of the molecule is C[C@H](O)C(=O)O.C[C@H](O)C(=O)O.[Ge]. The van der Waals surface area contributed by atoms with Crippen molar-refractivity contribution in [3.63, 3.8) is 0 Å². The van der Waals surface area contributed by atoms with Crippen LogP contribution >= 0.6 is 0 Å². The summed E-state index contributed by atoms with van der Waals surface area (Å²) >= 11 is 0. The second-order valence-corrected chi connectivity index (χ2v) is 2.03. The van der Waals surface area contributed by atoms with Crippen LogP contribution in [-0.2, 0) is 9.59 Å². The van der Waals surface area contributed by atoms with Crippen LogP contribution in [0.5, 0.6) is 0 Å². The first-order chi connectivity index (χ1) is 5.29. The molecule has 6 nitrogen and oxygen atoms in total. The molecule has 0 saturated heterocycles. The minimum Gasteiger partial charge on any atom is -0.479 e. The Labute approximate surface area is 86.2 Å². The van der Waals surface area contributed by atoms with Gasteiger partial charge in [0.2, 0.25) is 0 Å². The quantitative estimate of drug-likeness (QED) is 0.446. The molecule has 0 aliphatic heterocycles. The van der Waals surface area contributed by atoms with Gasteiger partial charge in [-0.15, -0.1) is 0 Å². The molecular weight excluding hydrogens is 241 g/mol. The summed E-state index contributed by atoms with van der Waals surface area (Å²) in [6.07, 6.45) is -2.46. The largest absolute Gasteiger partial charge is 0.479 e. The van der Waals surface area contributed by atoms with Gasteiger partial charge in [0.1, 0.15) is 12.2 Å². The van der Waals surface area contributed by atoms with E-state index in [4.69, 9.17) is 20.4 Å². The van der Waals surface area contributed by atoms with Crippen molar-refractivity contribution in [1.29, 1.82) is 0 Å². The van der Waals surface area contributed by atoms with Crippen molar-refractivity contribution >= 4 is 29.5 Å². The van der Waals surface area contributed by atoms with Crippen LogP contribution in [0.15, 0.2) is 0 Å². The number of aliphatic hydroxyl groups is 2. The predicted octanol–water partition coefficient (Wildman–Crippen LogP) is -1.48. The molecule has 0 amide bonds. The van der Waals surface area contributed by atoms with Crippen LogP contribution in [0.1, 0.15) is 13.8 Å². The van der Waals surface area contributed by atoms with E-state index in [2.05, 4.69) is 0 Å². The molecule has 0 aromatic heterocycles. The Kier molecular flexibility index (Phi) is 13.3. The molecule has 4 N–H and O–H groups in total. The number of aliphatic carboxylic acids is 2. The van der Waals surface area contributed by atoms with E-state index in [0.29, 0.717) is 0 Å². The normalized spacial score (nSPS) is 12.6. The molecule has 0 bridgehead atoms. The van der Waals surface area contributed by atoms with E-state index < -0.39 is 24.1 Å². The molecule has 0 unspecified atom stereocenters. The van der Waals surface area contributed by atoms with Crippen molar-refractivity contribution in [3.05, 3.63) is 0 Å². The molecule has 2 atom stereocenters. The van der Waals surface area contributed by atoms with Gasteiger partial charge in [-0.1, -0.05) is 0 Å². The third-order valence-electron chi connectivity index (χ3n) is 0.715. The Balaban J connectivity index is -0.000000143. The van der Waals surface area contributed by atoms with Gasteiger partial charge >= 0.3 is 11.9 Å². The number of aliphatic hydroxyl groups excluding tert-OH is 2. The average Bonchev–Trinajstić information content (AvgIpc) is 1.88. The fraction of sp³-hybridized carbons (Fsp3) is 0.667. The summed E-state index contributed by atoms with van der Waals surface area (Å²) in [6.45, 7) is 2.39. The fourth-order valence-electron chi connectivity index (χ4n) is 0. The maximum absolute atomic E-state index is 9.45. The molecular formula is C6H12GeO6. The second kappa shape index (κ2) is 9.49. The predicted molar refractivity (Wildman–Crippen MR) is 44.4 cm³/mol. The number of hydrogen-bond donors (Lipinski definition) is 4. The molecule has 0 aromatic rings. The van der Waals surface area contributed by atoms with E-state index >= 15 is 0 Å². The maximum Gasteiger partial charge on any atom is 0.332 e. The molecule has 4 radical (unpaired) electrons. The summed E-state index contributed by atoms with van der Waals surface area (Å²) < 4.78 is 0. The van der Waals surface area contributed by atoms with Crippen LogP contribution in [0.3, 0.4) is 0 Å². The molecule has 0 saturated carbocycles. The number of rotatable bonds is 2. The van der Waals surface area contributed by atoms with Gasteiger partial charge in [0.05, 0.1) is 0 Å². The number of carbonyl (C=O) groups is 2. The summed E-state index contributed by atoms with van der Waals surface area (Å²) in [5.41, 5.74) is 0. The van der Waals surface area contributed by atoms with Gasteiger partial charge in [0, 0.05) is 17.6 Å². The Morgan fingerprint density at radius 3 is 1.00 bits per heavy atom. The van der Waals surface area contributed by atoms with Crippen LogP contribution in [0.2, 0.25) is 0 Å². The first-order valence-electron chi connectivity index (χ1n) is 3.10. The summed E-state index contributed by atoms with van der Waals surface area (Å²) in [5.74, 6) is -2.37. The van der Waals surface area contributed by atoms with Crippen molar-refractivity contribution < 1.29 is 30.0 Å². The van der Waals surface area contributed by atoms with Crippen molar-refractivity contribution in [3.8, 4) is 0 Å². The Bertz CT molecular complexity index is 137. The molecule has 0 aromatic carbocycles. The van der Waals surface area contributed by atoms with Crippen LogP contribution in [0.25, 0.3) is 0 Å². The molecule has 0 fully saturated rings. The molecule has 0 aliphatic rings. The summed E-state index contributed by atoms with van der Waals surface area (Å²) in [5, 5.41) is 31.5. The van der Waals surface area contributed by atoms with E-state index in [1.807, 2.05) is 0 Å². The van der Waals surface area contributed by atoms with Gasteiger partial charge in [-0.2, -0.15) is 0 Å². The Morgan fingerprint density at radius 2 is 1.00 bits per heavy atom. The van der Waals surface area contributed by atoms with Gasteiger partial charge in [0.25, 0.3) is 0 Å². The third-order valence-corrected chi connectivity index (χ3v) is 0.715. The molecule has 7 heteroatoms. The van der Waals surface area contributed by atoms with Crippen molar-refractivity contribution in [2.75, 3.05) is 0 Å². The van der Waals surface area contributed by atoms with Crippen LogP contribution < -0.4 is 0 Å². The fourth-order valence-corrected chi connectivity index (χ4v) is 0. The summed E-state index contributed by atoms with van der Waals surface area (Å²) in [6, 6.07) is 0. The van der Waals surface area contributed by atoms with Gasteiger partial charge in [-0.05, 0) is 13.8 Å². The number of carboxylic acids is 2. The average molecular weight is 253 g/mol. The van der Waals surface area contributed by atoms with Gasteiger partial charge < -0.3 is 20.4 Å². The second-order valence-electron chi connectivity index (χ2n) is 2.03. The first-order valence-corrected chi connectivity index (χ1v) is 3.10. The summed E-state index contributed by atoms with van der Waals surface area (Å²) in [4.78, 5) is 18.9. The zero-order chi connectivity index (χ0) is 10.3. The van der Waals surface area contributed by atoms with Crippen LogP contribution in [-0.4, -0.2) is 62.2 Å². The maximum atomic E-state index is 9.45. The number of hydrogen-bond acceptors (Lipinski definition) is 4. The summed E-state index contributed by atoms with van der Waals surface area (Å²) in [7, 11) is 0. The van der Waals surface area contributed by atoms with Gasteiger partial charge in [-0.25, -0.2) is 9.59 Å². The number of carboxylic acid groups (broad SMARTS) is 2. The van der Waals surface area contributed by atoms with Gasteiger partial charge in [0.15, 0.2) is 0 Å². The molecule has 76 valence electrons. The van der Waals surface area contributed by atoms with E-state index in [1.54, 1.807) is 0 Å². The molecule has 13 heavy (non-hydrogen) atoms. The Hall–Kier alpha value is -0.597.